The molecule has 134 valence electrons. The highest BCUT2D eigenvalue weighted by molar-refractivity contribution is 14.0. The van der Waals surface area contributed by atoms with E-state index < -0.39 is 0 Å². The molecule has 0 amide bonds. The van der Waals surface area contributed by atoms with E-state index in [2.05, 4.69) is 15.6 Å². The molecule has 0 aliphatic carbocycles. The van der Waals surface area contributed by atoms with E-state index in [4.69, 9.17) is 14.2 Å². The van der Waals surface area contributed by atoms with Crippen LogP contribution in [0.4, 0.5) is 0 Å². The van der Waals surface area contributed by atoms with Crippen molar-refractivity contribution in [1.82, 2.24) is 10.6 Å². The second-order valence-electron chi connectivity index (χ2n) is 5.77. The van der Waals surface area contributed by atoms with E-state index in [1.807, 2.05) is 18.2 Å². The summed E-state index contributed by atoms with van der Waals surface area (Å²) < 4.78 is 17.0. The van der Waals surface area contributed by atoms with Crippen molar-refractivity contribution >= 4 is 29.9 Å². The van der Waals surface area contributed by atoms with Gasteiger partial charge in [-0.05, 0) is 30.5 Å². The maximum atomic E-state index is 5.72. The lowest BCUT2D eigenvalue weighted by molar-refractivity contribution is 0.114. The highest BCUT2D eigenvalue weighted by Crippen LogP contribution is 2.30. The number of benzene rings is 1. The molecule has 0 bridgehead atoms. The van der Waals surface area contributed by atoms with E-state index >= 15 is 0 Å². The number of hydrogen-bond donors (Lipinski definition) is 2. The van der Waals surface area contributed by atoms with Crippen LogP contribution in [-0.2, 0) is 11.3 Å². The van der Waals surface area contributed by atoms with Gasteiger partial charge in [0.2, 0.25) is 0 Å². The summed E-state index contributed by atoms with van der Waals surface area (Å²) in [6.45, 7) is 3.76. The molecule has 2 aliphatic heterocycles. The van der Waals surface area contributed by atoms with Crippen LogP contribution in [0.25, 0.3) is 0 Å². The van der Waals surface area contributed by atoms with Gasteiger partial charge in [0.15, 0.2) is 17.5 Å². The molecular weight excluding hydrogens is 421 g/mol. The van der Waals surface area contributed by atoms with Gasteiger partial charge in [-0.15, -0.1) is 24.0 Å². The minimum Gasteiger partial charge on any atom is -0.490 e. The van der Waals surface area contributed by atoms with Crippen LogP contribution in [0.1, 0.15) is 24.8 Å². The quantitative estimate of drug-likeness (QED) is 0.422. The third-order valence-electron chi connectivity index (χ3n) is 4.02. The fourth-order valence-electron chi connectivity index (χ4n) is 2.74. The van der Waals surface area contributed by atoms with Crippen molar-refractivity contribution < 1.29 is 14.2 Å². The van der Waals surface area contributed by atoms with Crippen molar-refractivity contribution in [3.63, 3.8) is 0 Å². The molecule has 2 heterocycles. The summed E-state index contributed by atoms with van der Waals surface area (Å²) in [4.78, 5) is 4.25. The number of guanidine groups is 1. The summed E-state index contributed by atoms with van der Waals surface area (Å²) in [6.07, 6.45) is 3.48. The average Bonchev–Trinajstić information content (AvgIpc) is 2.99. The Hall–Kier alpha value is -1.22. The first kappa shape index (κ1) is 19.1. The van der Waals surface area contributed by atoms with Crippen LogP contribution >= 0.6 is 24.0 Å². The van der Waals surface area contributed by atoms with Gasteiger partial charge in [-0.2, -0.15) is 0 Å². The SMILES string of the molecule is CN=C(NCc1ccc2c(c1)OCCCO2)NCC1CCCO1.I. The molecular formula is C17H26IN3O3. The molecule has 2 N–H and O–H groups in total. The second-order valence-corrected chi connectivity index (χ2v) is 5.77. The fraction of sp³-hybridized carbons (Fsp3) is 0.588. The molecule has 0 aromatic heterocycles. The summed E-state index contributed by atoms with van der Waals surface area (Å²) in [7, 11) is 1.78. The highest BCUT2D eigenvalue weighted by atomic mass is 127. The molecule has 1 aromatic carbocycles. The smallest absolute Gasteiger partial charge is 0.191 e. The lowest BCUT2D eigenvalue weighted by atomic mass is 10.2. The van der Waals surface area contributed by atoms with Crippen LogP contribution in [0.5, 0.6) is 11.5 Å². The Bertz CT molecular complexity index is 548. The molecule has 1 saturated heterocycles. The second kappa shape index (κ2) is 9.93. The zero-order valence-electron chi connectivity index (χ0n) is 14.0. The number of nitrogens with zero attached hydrogens (tertiary/aromatic N) is 1. The van der Waals surface area contributed by atoms with Gasteiger partial charge in [0, 0.05) is 33.2 Å². The third-order valence-corrected chi connectivity index (χ3v) is 4.02. The van der Waals surface area contributed by atoms with Crippen molar-refractivity contribution in [3.05, 3.63) is 23.8 Å². The van der Waals surface area contributed by atoms with Crippen molar-refractivity contribution in [1.29, 1.82) is 0 Å². The van der Waals surface area contributed by atoms with Crippen molar-refractivity contribution in [2.45, 2.75) is 31.9 Å². The molecule has 0 saturated carbocycles. The van der Waals surface area contributed by atoms with Gasteiger partial charge in [0.1, 0.15) is 0 Å². The van der Waals surface area contributed by atoms with Crippen molar-refractivity contribution in [3.8, 4) is 11.5 Å². The predicted molar refractivity (Wildman–Crippen MR) is 105 cm³/mol. The summed E-state index contributed by atoms with van der Waals surface area (Å²) >= 11 is 0. The zero-order valence-corrected chi connectivity index (χ0v) is 16.4. The third kappa shape index (κ3) is 5.41. The summed E-state index contributed by atoms with van der Waals surface area (Å²) in [5, 5.41) is 6.63. The molecule has 7 heteroatoms. The van der Waals surface area contributed by atoms with Gasteiger partial charge in [-0.1, -0.05) is 6.07 Å². The van der Waals surface area contributed by atoms with Gasteiger partial charge in [0.25, 0.3) is 0 Å². The van der Waals surface area contributed by atoms with Crippen LogP contribution in [0.2, 0.25) is 0 Å². The minimum atomic E-state index is 0. The van der Waals surface area contributed by atoms with Gasteiger partial charge >= 0.3 is 0 Å². The number of fused-ring (bicyclic) bond motifs is 1. The molecule has 2 aliphatic rings. The molecule has 0 spiro atoms. The molecule has 1 unspecified atom stereocenters. The predicted octanol–water partition coefficient (Wildman–Crippen LogP) is 2.31. The van der Waals surface area contributed by atoms with Gasteiger partial charge < -0.3 is 24.8 Å². The van der Waals surface area contributed by atoms with E-state index in [-0.39, 0.29) is 24.0 Å². The Morgan fingerprint density at radius 1 is 1.12 bits per heavy atom. The first-order chi connectivity index (χ1) is 11.3. The van der Waals surface area contributed by atoms with Crippen LogP contribution < -0.4 is 20.1 Å². The summed E-state index contributed by atoms with van der Waals surface area (Å²) in [5.74, 6) is 2.43. The molecule has 0 radical (unpaired) electrons. The Labute approximate surface area is 160 Å². The first-order valence-corrected chi connectivity index (χ1v) is 8.30. The number of rotatable bonds is 4. The Balaban J connectivity index is 0.00000208. The summed E-state index contributed by atoms with van der Waals surface area (Å²) in [6, 6.07) is 6.05. The maximum Gasteiger partial charge on any atom is 0.191 e. The van der Waals surface area contributed by atoms with Crippen LogP contribution in [0.3, 0.4) is 0 Å². The van der Waals surface area contributed by atoms with Crippen molar-refractivity contribution in [2.75, 3.05) is 33.4 Å². The average molecular weight is 447 g/mol. The molecule has 1 fully saturated rings. The van der Waals surface area contributed by atoms with E-state index in [1.165, 1.54) is 0 Å². The standard InChI is InChI=1S/C17H25N3O3.HI/c1-18-17(20-12-14-4-2-7-21-14)19-11-13-5-6-15-16(10-13)23-9-3-8-22-15;/h5-6,10,14H,2-4,7-9,11-12H2,1H3,(H2,18,19,20);1H. The number of aliphatic imine (C=N–C) groups is 1. The maximum absolute atomic E-state index is 5.72. The fourth-order valence-corrected chi connectivity index (χ4v) is 2.74. The zero-order chi connectivity index (χ0) is 15.9. The number of ether oxygens (including phenoxy) is 3. The largest absolute Gasteiger partial charge is 0.490 e. The number of nitrogens with one attached hydrogen (secondary N) is 2. The van der Waals surface area contributed by atoms with Crippen LogP contribution in [-0.4, -0.2) is 45.5 Å². The van der Waals surface area contributed by atoms with Gasteiger partial charge in [-0.25, -0.2) is 0 Å². The van der Waals surface area contributed by atoms with Gasteiger partial charge in [-0.3, -0.25) is 4.99 Å². The topological polar surface area (TPSA) is 64.1 Å². The Morgan fingerprint density at radius 3 is 2.71 bits per heavy atom. The van der Waals surface area contributed by atoms with E-state index in [0.717, 1.165) is 55.4 Å². The van der Waals surface area contributed by atoms with E-state index in [0.29, 0.717) is 25.9 Å². The first-order valence-electron chi connectivity index (χ1n) is 8.30. The molecule has 24 heavy (non-hydrogen) atoms. The lowest BCUT2D eigenvalue weighted by Gasteiger charge is -2.15. The van der Waals surface area contributed by atoms with Crippen molar-refractivity contribution in [2.24, 2.45) is 4.99 Å². The highest BCUT2D eigenvalue weighted by Gasteiger charge is 2.15. The minimum absolute atomic E-state index is 0. The monoisotopic (exact) mass is 447 g/mol. The van der Waals surface area contributed by atoms with Gasteiger partial charge in [0.05, 0.1) is 19.3 Å². The number of hydrogen-bond acceptors (Lipinski definition) is 4. The Kier molecular flexibility index (Phi) is 7.90. The molecule has 6 nitrogen and oxygen atoms in total. The van der Waals surface area contributed by atoms with E-state index in [1.54, 1.807) is 7.05 Å². The molecule has 3 rings (SSSR count). The van der Waals surface area contributed by atoms with Crippen LogP contribution in [0.15, 0.2) is 23.2 Å². The number of halogens is 1. The van der Waals surface area contributed by atoms with Crippen LogP contribution in [0, 0.1) is 0 Å². The Morgan fingerprint density at radius 2 is 1.96 bits per heavy atom. The van der Waals surface area contributed by atoms with E-state index in [9.17, 15) is 0 Å². The molecule has 1 atom stereocenters. The normalized spacial score (nSPS) is 20.0. The molecule has 1 aromatic rings. The lowest BCUT2D eigenvalue weighted by Crippen LogP contribution is -2.40. The summed E-state index contributed by atoms with van der Waals surface area (Å²) in [5.41, 5.74) is 1.13.